The molecule has 0 aliphatic rings. The molecule has 5 heteroatoms. The first-order valence-electron chi connectivity index (χ1n) is 15.1. The summed E-state index contributed by atoms with van der Waals surface area (Å²) in [4.78, 5) is 10.7. The van der Waals surface area contributed by atoms with Crippen LogP contribution in [-0.4, -0.2) is 24.3 Å². The van der Waals surface area contributed by atoms with E-state index in [1.807, 2.05) is 19.9 Å². The van der Waals surface area contributed by atoms with E-state index >= 15 is 0 Å². The van der Waals surface area contributed by atoms with E-state index in [9.17, 15) is 4.79 Å². The predicted octanol–water partition coefficient (Wildman–Crippen LogP) is 9.97. The van der Waals surface area contributed by atoms with Gasteiger partial charge in [0.15, 0.2) is 0 Å². The lowest BCUT2D eigenvalue weighted by atomic mass is 9.88. The summed E-state index contributed by atoms with van der Waals surface area (Å²) in [7, 11) is 0. The molecule has 0 heterocycles. The van der Waals surface area contributed by atoms with Gasteiger partial charge in [0.25, 0.3) is 0 Å². The van der Waals surface area contributed by atoms with Gasteiger partial charge in [-0.15, -0.1) is 0 Å². The first-order chi connectivity index (χ1) is 19.9. The highest BCUT2D eigenvalue weighted by molar-refractivity contribution is 5.87. The van der Waals surface area contributed by atoms with Crippen LogP contribution in [0.5, 0.6) is 11.5 Å². The number of carbonyl (C=O) groups is 1. The maximum absolute atomic E-state index is 10.7. The minimum Gasteiger partial charge on any atom is -0.494 e. The van der Waals surface area contributed by atoms with Crippen LogP contribution >= 0.6 is 0 Å². The lowest BCUT2D eigenvalue weighted by Crippen LogP contribution is -2.23. The standard InChI is InChI=1S/C22H30O.C14H17NO3/c1-2-3-4-5-6-7-8-12-19-23-22-17-15-21(16-18-22)20-13-10-9-11-14-20;1-3-8-14(2,9-15)10-18-12-6-4-11(5-7-12)13(16)17/h9-11,13-18H,2-8,12,19H2,1H3;4-7H,3,8,10H2,1-2H3,(H,16,17). The van der Waals surface area contributed by atoms with Gasteiger partial charge in [-0.05, 0) is 67.3 Å². The van der Waals surface area contributed by atoms with Crippen LogP contribution in [-0.2, 0) is 0 Å². The minimum atomic E-state index is -0.964. The fourth-order valence-electron chi connectivity index (χ4n) is 4.45. The van der Waals surface area contributed by atoms with Crippen molar-refractivity contribution in [2.24, 2.45) is 5.41 Å². The number of hydrogen-bond donors (Lipinski definition) is 1. The van der Waals surface area contributed by atoms with Crippen molar-refractivity contribution in [3.63, 3.8) is 0 Å². The van der Waals surface area contributed by atoms with Crippen LogP contribution in [0.15, 0.2) is 78.9 Å². The molecule has 0 aromatic heterocycles. The molecule has 1 atom stereocenters. The zero-order chi connectivity index (χ0) is 29.8. The quantitative estimate of drug-likeness (QED) is 0.167. The molecule has 41 heavy (non-hydrogen) atoms. The molecule has 0 amide bonds. The second-order valence-corrected chi connectivity index (χ2v) is 10.8. The van der Waals surface area contributed by atoms with E-state index in [1.165, 1.54) is 68.2 Å². The van der Waals surface area contributed by atoms with Crippen molar-refractivity contribution in [3.8, 4) is 28.7 Å². The molecule has 0 saturated heterocycles. The molecule has 3 aromatic rings. The molecule has 0 aliphatic carbocycles. The molecule has 5 nitrogen and oxygen atoms in total. The Balaban J connectivity index is 0.000000296. The molecule has 0 saturated carbocycles. The number of nitrogens with zero attached hydrogens (tertiary/aromatic N) is 1. The first kappa shape index (κ1) is 33.4. The summed E-state index contributed by atoms with van der Waals surface area (Å²) in [6.07, 6.45) is 12.4. The van der Waals surface area contributed by atoms with E-state index in [1.54, 1.807) is 12.1 Å². The fraction of sp³-hybridized carbons (Fsp3) is 0.444. The average molecular weight is 558 g/mol. The number of ether oxygens (including phenoxy) is 2. The molecule has 0 spiro atoms. The second kappa shape index (κ2) is 19.3. The van der Waals surface area contributed by atoms with Crippen LogP contribution in [0, 0.1) is 16.7 Å². The van der Waals surface area contributed by atoms with E-state index in [-0.39, 0.29) is 5.56 Å². The zero-order valence-corrected chi connectivity index (χ0v) is 25.1. The number of nitriles is 1. The van der Waals surface area contributed by atoms with Crippen LogP contribution in [0.3, 0.4) is 0 Å². The van der Waals surface area contributed by atoms with Gasteiger partial charge in [-0.2, -0.15) is 5.26 Å². The number of unbranched alkanes of at least 4 members (excludes halogenated alkanes) is 7. The van der Waals surface area contributed by atoms with Gasteiger partial charge in [-0.25, -0.2) is 4.79 Å². The van der Waals surface area contributed by atoms with Crippen LogP contribution in [0.2, 0.25) is 0 Å². The van der Waals surface area contributed by atoms with Gasteiger partial charge in [0.1, 0.15) is 18.1 Å². The lowest BCUT2D eigenvalue weighted by Gasteiger charge is -2.21. The van der Waals surface area contributed by atoms with Crippen molar-refractivity contribution in [3.05, 3.63) is 84.4 Å². The van der Waals surface area contributed by atoms with E-state index in [2.05, 4.69) is 61.5 Å². The summed E-state index contributed by atoms with van der Waals surface area (Å²) in [5.74, 6) is 0.597. The molecule has 0 fully saturated rings. The highest BCUT2D eigenvalue weighted by Crippen LogP contribution is 2.24. The van der Waals surface area contributed by atoms with Crippen LogP contribution < -0.4 is 9.47 Å². The summed E-state index contributed by atoms with van der Waals surface area (Å²) in [5, 5.41) is 17.9. The van der Waals surface area contributed by atoms with Gasteiger partial charge in [-0.1, -0.05) is 108 Å². The maximum atomic E-state index is 10.7. The maximum Gasteiger partial charge on any atom is 0.335 e. The van der Waals surface area contributed by atoms with E-state index < -0.39 is 11.4 Å². The van der Waals surface area contributed by atoms with E-state index in [4.69, 9.17) is 19.8 Å². The molecule has 1 N–H and O–H groups in total. The molecule has 0 bridgehead atoms. The Morgan fingerprint density at radius 3 is 1.83 bits per heavy atom. The van der Waals surface area contributed by atoms with E-state index in [0.29, 0.717) is 12.4 Å². The number of carboxylic acids is 1. The van der Waals surface area contributed by atoms with Crippen LogP contribution in [0.25, 0.3) is 11.1 Å². The molecule has 220 valence electrons. The molecular weight excluding hydrogens is 510 g/mol. The fourth-order valence-corrected chi connectivity index (χ4v) is 4.45. The number of aromatic carboxylic acids is 1. The van der Waals surface area contributed by atoms with E-state index in [0.717, 1.165) is 31.6 Å². The lowest BCUT2D eigenvalue weighted by molar-refractivity contribution is 0.0696. The Labute approximate surface area is 247 Å². The Morgan fingerprint density at radius 1 is 0.732 bits per heavy atom. The average Bonchev–Trinajstić information content (AvgIpc) is 3.01. The third-order valence-electron chi connectivity index (χ3n) is 6.96. The van der Waals surface area contributed by atoms with Crippen molar-refractivity contribution < 1.29 is 19.4 Å². The predicted molar refractivity (Wildman–Crippen MR) is 168 cm³/mol. The Morgan fingerprint density at radius 2 is 1.27 bits per heavy atom. The molecule has 3 rings (SSSR count). The van der Waals surface area contributed by atoms with Gasteiger partial charge >= 0.3 is 5.97 Å². The molecule has 0 aliphatic heterocycles. The van der Waals surface area contributed by atoms with Gasteiger partial charge in [0.05, 0.1) is 23.7 Å². The topological polar surface area (TPSA) is 79.5 Å². The monoisotopic (exact) mass is 557 g/mol. The Kier molecular flexibility index (Phi) is 15.8. The van der Waals surface area contributed by atoms with Crippen molar-refractivity contribution in [2.45, 2.75) is 85.0 Å². The zero-order valence-electron chi connectivity index (χ0n) is 25.1. The number of rotatable bonds is 17. The summed E-state index contributed by atoms with van der Waals surface area (Å²) < 4.78 is 11.4. The third kappa shape index (κ3) is 13.4. The normalized spacial score (nSPS) is 11.9. The molecule has 0 radical (unpaired) electrons. The molecule has 3 aromatic carbocycles. The van der Waals surface area contributed by atoms with Gasteiger partial charge in [0.2, 0.25) is 0 Å². The van der Waals surface area contributed by atoms with Gasteiger partial charge in [0, 0.05) is 0 Å². The van der Waals surface area contributed by atoms with Crippen LogP contribution in [0.1, 0.15) is 95.3 Å². The largest absolute Gasteiger partial charge is 0.494 e. The van der Waals surface area contributed by atoms with Crippen molar-refractivity contribution in [1.29, 1.82) is 5.26 Å². The SMILES string of the molecule is CCCC(C)(C#N)COc1ccc(C(=O)O)cc1.CCCCCCCCCCOc1ccc(-c2ccccc2)cc1. The van der Waals surface area contributed by atoms with Gasteiger partial charge in [-0.3, -0.25) is 0 Å². The highest BCUT2D eigenvalue weighted by Gasteiger charge is 2.23. The third-order valence-corrected chi connectivity index (χ3v) is 6.96. The summed E-state index contributed by atoms with van der Waals surface area (Å²) in [5.41, 5.74) is 2.21. The number of hydrogen-bond acceptors (Lipinski definition) is 4. The second-order valence-electron chi connectivity index (χ2n) is 10.8. The summed E-state index contributed by atoms with van der Waals surface area (Å²) in [6.45, 7) is 7.30. The Bertz CT molecular complexity index is 1150. The van der Waals surface area contributed by atoms with Gasteiger partial charge < -0.3 is 14.6 Å². The summed E-state index contributed by atoms with van der Waals surface area (Å²) >= 11 is 0. The summed E-state index contributed by atoms with van der Waals surface area (Å²) in [6, 6.07) is 27.3. The van der Waals surface area contributed by atoms with Crippen LogP contribution in [0.4, 0.5) is 0 Å². The van der Waals surface area contributed by atoms with Crippen molar-refractivity contribution >= 4 is 5.97 Å². The van der Waals surface area contributed by atoms with Crippen molar-refractivity contribution in [2.75, 3.05) is 13.2 Å². The highest BCUT2D eigenvalue weighted by atomic mass is 16.5. The smallest absolute Gasteiger partial charge is 0.335 e. The molecule has 1 unspecified atom stereocenters. The molecular formula is C36H47NO4. The number of benzene rings is 3. The first-order valence-corrected chi connectivity index (χ1v) is 15.1. The Hall–Kier alpha value is -3.78. The minimum absolute atomic E-state index is 0.221. The van der Waals surface area contributed by atoms with Crippen molar-refractivity contribution in [1.82, 2.24) is 0 Å². The number of carboxylic acid groups (broad SMARTS) is 1.